The van der Waals surface area contributed by atoms with Crippen LogP contribution in [-0.2, 0) is 19.6 Å². The molecule has 1 aliphatic carbocycles. The molecule has 2 aromatic rings. The molecule has 4 rings (SSSR count). The minimum atomic E-state index is 0. The highest BCUT2D eigenvalue weighted by molar-refractivity contribution is 7.03. The van der Waals surface area contributed by atoms with Crippen LogP contribution in [0.5, 0.6) is 0 Å². The number of imidazole rings is 1. The average molecular weight is 369 g/mol. The Hall–Kier alpha value is -1.02. The molecule has 2 aromatic heterocycles. The van der Waals surface area contributed by atoms with E-state index >= 15 is 0 Å². The van der Waals surface area contributed by atoms with Crippen LogP contribution < -0.4 is 5.32 Å². The molecule has 0 radical (unpaired) electrons. The van der Waals surface area contributed by atoms with E-state index in [0.29, 0.717) is 11.5 Å². The average Bonchev–Trinajstić information content (AvgIpc) is 2.99. The quantitative estimate of drug-likeness (QED) is 0.847. The summed E-state index contributed by atoms with van der Waals surface area (Å²) in [5.41, 5.74) is 1.61. The van der Waals surface area contributed by atoms with Gasteiger partial charge in [-0.05, 0) is 56.2 Å². The van der Waals surface area contributed by atoms with Crippen molar-refractivity contribution < 1.29 is 0 Å². The zero-order chi connectivity index (χ0) is 15.7. The third-order valence-corrected chi connectivity index (χ3v) is 6.00. The van der Waals surface area contributed by atoms with Crippen molar-refractivity contribution in [3.63, 3.8) is 0 Å². The topological polar surface area (TPSA) is 58.9 Å². The lowest BCUT2D eigenvalue weighted by Crippen LogP contribution is -2.36. The Morgan fingerprint density at radius 3 is 2.92 bits per heavy atom. The van der Waals surface area contributed by atoms with Gasteiger partial charge in [0.15, 0.2) is 0 Å². The van der Waals surface area contributed by atoms with Crippen LogP contribution in [0.3, 0.4) is 0 Å². The molecule has 2 fully saturated rings. The zero-order valence-corrected chi connectivity index (χ0v) is 15.7. The molecular weight excluding hydrogens is 344 g/mol. The molecule has 1 saturated heterocycles. The van der Waals surface area contributed by atoms with Gasteiger partial charge in [0.2, 0.25) is 0 Å². The summed E-state index contributed by atoms with van der Waals surface area (Å²) in [6.45, 7) is 7.25. The standard InChI is InChI=1S/C16H24N6S.ClH/c1-2-21-8-7-18-15(21)11-22(10-13-12-23-20-19-13)14-9-16(14)3-5-17-6-4-16;/h7-8,12,14,17H,2-6,9-11H2,1H3;1H. The van der Waals surface area contributed by atoms with E-state index in [-0.39, 0.29) is 12.4 Å². The molecule has 2 aliphatic rings. The number of nitrogens with zero attached hydrogens (tertiary/aromatic N) is 5. The molecule has 1 spiro atoms. The first-order valence-electron chi connectivity index (χ1n) is 8.51. The molecule has 8 heteroatoms. The number of aromatic nitrogens is 4. The van der Waals surface area contributed by atoms with Gasteiger partial charge in [-0.1, -0.05) is 4.49 Å². The molecule has 6 nitrogen and oxygen atoms in total. The zero-order valence-electron chi connectivity index (χ0n) is 14.0. The minimum Gasteiger partial charge on any atom is -0.334 e. The number of hydrogen-bond acceptors (Lipinski definition) is 6. The van der Waals surface area contributed by atoms with Crippen molar-refractivity contribution in [1.82, 2.24) is 29.4 Å². The normalized spacial score (nSPS) is 21.8. The van der Waals surface area contributed by atoms with Crippen LogP contribution in [0, 0.1) is 5.41 Å². The molecule has 132 valence electrons. The summed E-state index contributed by atoms with van der Waals surface area (Å²) in [7, 11) is 0. The summed E-state index contributed by atoms with van der Waals surface area (Å²) in [5.74, 6) is 1.16. The number of nitrogens with one attached hydrogen (secondary N) is 1. The van der Waals surface area contributed by atoms with Gasteiger partial charge in [0.25, 0.3) is 0 Å². The molecule has 24 heavy (non-hydrogen) atoms. The van der Waals surface area contributed by atoms with Crippen LogP contribution in [0.4, 0.5) is 0 Å². The van der Waals surface area contributed by atoms with Crippen molar-refractivity contribution in [2.75, 3.05) is 13.1 Å². The van der Waals surface area contributed by atoms with Gasteiger partial charge in [-0.2, -0.15) is 0 Å². The molecule has 1 N–H and O–H groups in total. The van der Waals surface area contributed by atoms with Crippen molar-refractivity contribution in [3.05, 3.63) is 29.3 Å². The van der Waals surface area contributed by atoms with Crippen molar-refractivity contribution in [1.29, 1.82) is 0 Å². The van der Waals surface area contributed by atoms with Crippen LogP contribution >= 0.6 is 23.9 Å². The summed E-state index contributed by atoms with van der Waals surface area (Å²) in [5, 5.41) is 9.82. The second-order valence-corrected chi connectivity index (χ2v) is 7.37. The largest absolute Gasteiger partial charge is 0.334 e. The predicted molar refractivity (Wildman–Crippen MR) is 97.2 cm³/mol. The Bertz CT molecular complexity index is 637. The lowest BCUT2D eigenvalue weighted by atomic mass is 9.93. The van der Waals surface area contributed by atoms with Crippen molar-refractivity contribution in [2.45, 2.75) is 51.9 Å². The van der Waals surface area contributed by atoms with Gasteiger partial charge in [-0.3, -0.25) is 4.90 Å². The SMILES string of the molecule is CCn1ccnc1CN(Cc1csnn1)C1CC12CCNCC2.Cl. The van der Waals surface area contributed by atoms with Gasteiger partial charge in [0.05, 0.1) is 12.2 Å². The number of piperidine rings is 1. The first-order chi connectivity index (χ1) is 11.3. The predicted octanol–water partition coefficient (Wildman–Crippen LogP) is 2.32. The van der Waals surface area contributed by atoms with E-state index in [9.17, 15) is 0 Å². The fourth-order valence-corrected chi connectivity index (χ4v) is 4.45. The van der Waals surface area contributed by atoms with E-state index in [2.05, 4.69) is 47.9 Å². The van der Waals surface area contributed by atoms with Gasteiger partial charge >= 0.3 is 0 Å². The van der Waals surface area contributed by atoms with Gasteiger partial charge in [-0.15, -0.1) is 17.5 Å². The maximum absolute atomic E-state index is 4.58. The fraction of sp³-hybridized carbons (Fsp3) is 0.688. The summed E-state index contributed by atoms with van der Waals surface area (Å²) in [4.78, 5) is 7.16. The Morgan fingerprint density at radius 2 is 2.21 bits per heavy atom. The van der Waals surface area contributed by atoms with Gasteiger partial charge in [-0.25, -0.2) is 4.98 Å². The number of aryl methyl sites for hydroxylation is 1. The third kappa shape index (κ3) is 3.49. The van der Waals surface area contributed by atoms with E-state index in [1.54, 1.807) is 0 Å². The highest BCUT2D eigenvalue weighted by Crippen LogP contribution is 2.56. The lowest BCUT2D eigenvalue weighted by molar-refractivity contribution is 0.180. The lowest BCUT2D eigenvalue weighted by Gasteiger charge is -2.29. The summed E-state index contributed by atoms with van der Waals surface area (Å²) in [6, 6.07) is 0.660. The molecular formula is C16H25ClN6S. The molecule has 1 aliphatic heterocycles. The molecule has 0 bridgehead atoms. The van der Waals surface area contributed by atoms with Gasteiger partial charge in [0, 0.05) is 36.9 Å². The van der Waals surface area contributed by atoms with E-state index in [0.717, 1.165) is 44.2 Å². The summed E-state index contributed by atoms with van der Waals surface area (Å²) in [6.07, 6.45) is 7.90. The Labute approximate surface area is 153 Å². The fourth-order valence-electron chi connectivity index (χ4n) is 4.00. The minimum absolute atomic E-state index is 0. The van der Waals surface area contributed by atoms with E-state index < -0.39 is 0 Å². The van der Waals surface area contributed by atoms with Crippen molar-refractivity contribution in [2.24, 2.45) is 5.41 Å². The van der Waals surface area contributed by atoms with Crippen LogP contribution in [0.2, 0.25) is 0 Å². The monoisotopic (exact) mass is 368 g/mol. The van der Waals surface area contributed by atoms with Crippen molar-refractivity contribution >= 4 is 23.9 Å². The number of hydrogen-bond donors (Lipinski definition) is 1. The maximum atomic E-state index is 4.58. The summed E-state index contributed by atoms with van der Waals surface area (Å²) < 4.78 is 6.26. The maximum Gasteiger partial charge on any atom is 0.122 e. The van der Waals surface area contributed by atoms with Crippen LogP contribution in [0.25, 0.3) is 0 Å². The highest BCUT2D eigenvalue weighted by atomic mass is 35.5. The first kappa shape index (κ1) is 17.8. The van der Waals surface area contributed by atoms with Gasteiger partial charge in [0.1, 0.15) is 5.82 Å². The highest BCUT2D eigenvalue weighted by Gasteiger charge is 2.56. The second kappa shape index (κ2) is 7.47. The van der Waals surface area contributed by atoms with E-state index in [1.807, 2.05) is 6.20 Å². The van der Waals surface area contributed by atoms with Crippen LogP contribution in [0.1, 0.15) is 37.7 Å². The molecule has 1 unspecified atom stereocenters. The Kier molecular flexibility index (Phi) is 5.54. The Morgan fingerprint density at radius 1 is 1.38 bits per heavy atom. The smallest absolute Gasteiger partial charge is 0.122 e. The molecule has 0 aromatic carbocycles. The van der Waals surface area contributed by atoms with Crippen LogP contribution in [-0.4, -0.2) is 43.2 Å². The number of halogens is 1. The Balaban J connectivity index is 0.00000169. The molecule has 1 saturated carbocycles. The van der Waals surface area contributed by atoms with Gasteiger partial charge < -0.3 is 9.88 Å². The molecule has 0 amide bonds. The summed E-state index contributed by atoms with van der Waals surface area (Å²) >= 11 is 1.44. The van der Waals surface area contributed by atoms with Crippen LogP contribution in [0.15, 0.2) is 17.8 Å². The third-order valence-electron chi connectivity index (χ3n) is 5.44. The number of rotatable bonds is 6. The molecule has 3 heterocycles. The van der Waals surface area contributed by atoms with E-state index in [4.69, 9.17) is 0 Å². The first-order valence-corrected chi connectivity index (χ1v) is 9.35. The molecule has 1 atom stereocenters. The van der Waals surface area contributed by atoms with E-state index in [1.165, 1.54) is 30.8 Å². The van der Waals surface area contributed by atoms with Crippen molar-refractivity contribution in [3.8, 4) is 0 Å². The second-order valence-electron chi connectivity index (χ2n) is 6.76.